The Balaban J connectivity index is 1.57. The summed E-state index contributed by atoms with van der Waals surface area (Å²) in [5.74, 6) is -4.38. The van der Waals surface area contributed by atoms with Gasteiger partial charge in [-0.05, 0) is 38.2 Å². The standard InChI is InChI=1S/C35H44N8O8S4/c1-16(2)10-20-34-40-22(12-52-34)28(46)38-25-15-55-54-14-24(30(48)42-26(17(3)44)32(50)36-20)39-29(47)23-13-53-35(41-23)21(11-19-8-6-5-7-9-19)37-33(51)27(18(4)45)43-31(25)49/h5-9,12-13,16-18,20-21,24-27,44-45H,10-11,14-15H2,1-4H3,(H,36,50)(H,37,51)(H,38,46)(H,39,47)(H,42,48)(H,43,49)/t17-,18+,20+,21+,24+,25+,26-,27-/m0/s1. The molecule has 6 amide bonds. The first-order chi connectivity index (χ1) is 26.2. The molecule has 2 aliphatic heterocycles. The minimum absolute atomic E-state index is 0.0134. The summed E-state index contributed by atoms with van der Waals surface area (Å²) in [6.45, 7) is 6.58. The van der Waals surface area contributed by atoms with Crippen LogP contribution in [0.25, 0.3) is 0 Å². The van der Waals surface area contributed by atoms with Crippen LogP contribution in [0.1, 0.15) is 82.8 Å². The number of nitrogens with one attached hydrogen (secondary N) is 6. The molecule has 55 heavy (non-hydrogen) atoms. The highest BCUT2D eigenvalue weighted by molar-refractivity contribution is 8.76. The maximum Gasteiger partial charge on any atom is 0.271 e. The number of hydrogen-bond acceptors (Lipinski definition) is 14. The molecule has 20 heteroatoms. The van der Waals surface area contributed by atoms with Crippen molar-refractivity contribution in [2.24, 2.45) is 5.92 Å². The first-order valence-corrected chi connectivity index (χ1v) is 21.8. The third kappa shape index (κ3) is 11.3. The average molecular weight is 833 g/mol. The van der Waals surface area contributed by atoms with Gasteiger partial charge >= 0.3 is 0 Å². The summed E-state index contributed by atoms with van der Waals surface area (Å²) in [6.07, 6.45) is -2.04. The summed E-state index contributed by atoms with van der Waals surface area (Å²) in [4.78, 5) is 91.5. The van der Waals surface area contributed by atoms with Crippen LogP contribution in [0, 0.1) is 5.92 Å². The Morgan fingerprint density at radius 1 is 0.636 bits per heavy atom. The fourth-order valence-electron chi connectivity index (χ4n) is 5.75. The molecule has 296 valence electrons. The van der Waals surface area contributed by atoms with Crippen molar-refractivity contribution in [1.82, 2.24) is 41.9 Å². The number of aliphatic hydroxyl groups is 2. The normalized spacial score (nSPS) is 25.9. The van der Waals surface area contributed by atoms with Gasteiger partial charge in [-0.1, -0.05) is 65.8 Å². The number of aromatic nitrogens is 2. The number of rotatable bonds is 6. The number of carbonyl (C=O) groups excluding carboxylic acids is 6. The van der Waals surface area contributed by atoms with Crippen molar-refractivity contribution < 1.29 is 39.0 Å². The van der Waals surface area contributed by atoms with Crippen molar-refractivity contribution in [3.63, 3.8) is 0 Å². The summed E-state index contributed by atoms with van der Waals surface area (Å²) in [6, 6.07) is 2.35. The van der Waals surface area contributed by atoms with Crippen molar-refractivity contribution in [3.05, 3.63) is 68.1 Å². The van der Waals surface area contributed by atoms with Crippen LogP contribution >= 0.6 is 44.3 Å². The molecule has 6 bridgehead atoms. The predicted octanol–water partition coefficient (Wildman–Crippen LogP) is 1.24. The highest BCUT2D eigenvalue weighted by Crippen LogP contribution is 2.28. The average Bonchev–Trinajstić information content (AvgIpc) is 3.83. The topological polar surface area (TPSA) is 241 Å². The molecule has 2 aromatic heterocycles. The van der Waals surface area contributed by atoms with E-state index in [1.165, 1.54) is 24.6 Å². The van der Waals surface area contributed by atoms with Crippen LogP contribution in [0.15, 0.2) is 41.1 Å². The highest BCUT2D eigenvalue weighted by atomic mass is 33.1. The molecule has 8 atom stereocenters. The van der Waals surface area contributed by atoms with Gasteiger partial charge in [0, 0.05) is 22.3 Å². The Morgan fingerprint density at radius 2 is 1.09 bits per heavy atom. The lowest BCUT2D eigenvalue weighted by atomic mass is 10.0. The van der Waals surface area contributed by atoms with Crippen molar-refractivity contribution in [2.75, 3.05) is 11.5 Å². The van der Waals surface area contributed by atoms with Gasteiger partial charge in [-0.2, -0.15) is 0 Å². The quantitative estimate of drug-likeness (QED) is 0.164. The molecule has 2 aliphatic rings. The molecule has 16 nitrogen and oxygen atoms in total. The summed E-state index contributed by atoms with van der Waals surface area (Å²) < 4.78 is 0. The van der Waals surface area contributed by atoms with Gasteiger partial charge in [0.2, 0.25) is 23.6 Å². The third-order valence-corrected chi connectivity index (χ3v) is 13.0. The van der Waals surface area contributed by atoms with E-state index in [4.69, 9.17) is 0 Å². The van der Waals surface area contributed by atoms with Crippen molar-refractivity contribution >= 4 is 79.7 Å². The molecule has 0 fully saturated rings. The second-order valence-electron chi connectivity index (χ2n) is 13.7. The molecular weight excluding hydrogens is 789 g/mol. The number of amides is 6. The first-order valence-electron chi connectivity index (χ1n) is 17.6. The first kappa shape index (κ1) is 42.1. The van der Waals surface area contributed by atoms with E-state index >= 15 is 0 Å². The van der Waals surface area contributed by atoms with Crippen LogP contribution in [0.4, 0.5) is 0 Å². The molecule has 0 unspecified atom stereocenters. The number of hydrogen-bond donors (Lipinski definition) is 8. The van der Waals surface area contributed by atoms with Crippen LogP contribution in [0.2, 0.25) is 0 Å². The minimum atomic E-state index is -1.44. The number of nitrogens with zero attached hydrogens (tertiary/aromatic N) is 2. The summed E-state index contributed by atoms with van der Waals surface area (Å²) in [7, 11) is 2.20. The van der Waals surface area contributed by atoms with Crippen LogP contribution in [0.5, 0.6) is 0 Å². The zero-order valence-electron chi connectivity index (χ0n) is 30.4. The van der Waals surface area contributed by atoms with E-state index in [9.17, 15) is 39.0 Å². The lowest BCUT2D eigenvalue weighted by Crippen LogP contribution is -2.58. The molecule has 0 aliphatic carbocycles. The zero-order chi connectivity index (χ0) is 39.8. The Morgan fingerprint density at radius 3 is 1.55 bits per heavy atom. The van der Waals surface area contributed by atoms with Gasteiger partial charge < -0.3 is 42.1 Å². The van der Waals surface area contributed by atoms with Crippen LogP contribution < -0.4 is 31.9 Å². The fourth-order valence-corrected chi connectivity index (χ4v) is 9.79. The largest absolute Gasteiger partial charge is 0.391 e. The van der Waals surface area contributed by atoms with Crippen molar-refractivity contribution in [2.45, 2.75) is 89.0 Å². The molecule has 0 spiro atoms. The third-order valence-electron chi connectivity index (χ3n) is 8.65. The van der Waals surface area contributed by atoms with Crippen molar-refractivity contribution in [1.29, 1.82) is 0 Å². The second-order valence-corrected chi connectivity index (χ2v) is 18.0. The van der Waals surface area contributed by atoms with Gasteiger partial charge in [-0.3, -0.25) is 28.8 Å². The Bertz CT molecular complexity index is 1860. The molecular formula is C35H44N8O8S4. The second kappa shape index (κ2) is 19.2. The maximum atomic E-state index is 13.9. The van der Waals surface area contributed by atoms with Crippen LogP contribution in [-0.2, 0) is 25.6 Å². The number of thiazole rings is 2. The number of carbonyl (C=O) groups is 6. The Kier molecular flexibility index (Phi) is 14.7. The van der Waals surface area contributed by atoms with E-state index in [0.29, 0.717) is 16.4 Å². The molecule has 0 saturated carbocycles. The van der Waals surface area contributed by atoms with Gasteiger partial charge in [0.25, 0.3) is 11.8 Å². The lowest BCUT2D eigenvalue weighted by Gasteiger charge is -2.27. The molecule has 4 heterocycles. The summed E-state index contributed by atoms with van der Waals surface area (Å²) in [5, 5.41) is 41.4. The Labute approximate surface area is 333 Å². The predicted molar refractivity (Wildman–Crippen MR) is 210 cm³/mol. The minimum Gasteiger partial charge on any atom is -0.391 e. The highest BCUT2D eigenvalue weighted by Gasteiger charge is 2.36. The number of fused-ring (bicyclic) bond motifs is 9. The van der Waals surface area contributed by atoms with Crippen molar-refractivity contribution in [3.8, 4) is 0 Å². The molecule has 0 radical (unpaired) electrons. The van der Waals surface area contributed by atoms with Crippen LogP contribution in [-0.4, -0.2) is 104 Å². The maximum absolute atomic E-state index is 13.9. The van der Waals surface area contributed by atoms with Crippen LogP contribution in [0.3, 0.4) is 0 Å². The number of aliphatic hydroxyl groups excluding tert-OH is 2. The van der Waals surface area contributed by atoms with E-state index in [1.807, 2.05) is 44.2 Å². The molecule has 3 aromatic rings. The molecule has 1 aromatic carbocycles. The zero-order valence-corrected chi connectivity index (χ0v) is 33.7. The molecule has 8 N–H and O–H groups in total. The van der Waals surface area contributed by atoms with Gasteiger partial charge in [-0.15, -0.1) is 22.7 Å². The monoisotopic (exact) mass is 832 g/mol. The fraction of sp³-hybridized carbons (Fsp3) is 0.486. The van der Waals surface area contributed by atoms with Gasteiger partial charge in [0.15, 0.2) is 0 Å². The van der Waals surface area contributed by atoms with E-state index in [-0.39, 0.29) is 35.2 Å². The molecule has 0 saturated heterocycles. The van der Waals surface area contributed by atoms with E-state index in [2.05, 4.69) is 41.9 Å². The van der Waals surface area contributed by atoms with Gasteiger partial charge in [-0.25, -0.2) is 9.97 Å². The van der Waals surface area contributed by atoms with E-state index in [0.717, 1.165) is 49.8 Å². The molecule has 5 rings (SSSR count). The lowest BCUT2D eigenvalue weighted by molar-refractivity contribution is -0.132. The number of benzene rings is 1. The summed E-state index contributed by atoms with van der Waals surface area (Å²) >= 11 is 2.21. The van der Waals surface area contributed by atoms with E-state index in [1.54, 1.807) is 0 Å². The smallest absolute Gasteiger partial charge is 0.271 e. The summed E-state index contributed by atoms with van der Waals surface area (Å²) in [5.41, 5.74) is 0.787. The van der Waals surface area contributed by atoms with E-state index < -0.39 is 83.9 Å². The Hall–Kier alpha value is -4.08. The SMILES string of the molecule is CC(C)C[C@H]1NC(=O)[C@H]([C@H](C)O)NC(=O)[C@H]2CSSC[C@@H](NC(=O)c3csc1n3)C(=O)N[C@@H]([C@@H](C)O)C(=O)N[C@H](Cc1ccccc1)c1nc(cs1)C(=O)N2. The van der Waals surface area contributed by atoms with Gasteiger partial charge in [0.1, 0.15) is 45.6 Å². The van der Waals surface area contributed by atoms with Gasteiger partial charge in [0.05, 0.1) is 24.3 Å².